The molecule has 1 saturated heterocycles. The molecular formula is C14H20ClNO3. The zero-order valence-corrected chi connectivity index (χ0v) is 11.9. The van der Waals surface area contributed by atoms with Gasteiger partial charge in [0.05, 0.1) is 24.3 Å². The second kappa shape index (κ2) is 7.70. The van der Waals surface area contributed by atoms with E-state index in [4.69, 9.17) is 25.8 Å². The first kappa shape index (κ1) is 14.6. The van der Waals surface area contributed by atoms with Crippen LogP contribution >= 0.6 is 11.6 Å². The summed E-state index contributed by atoms with van der Waals surface area (Å²) < 4.78 is 16.1. The Morgan fingerprint density at radius 2 is 2.32 bits per heavy atom. The molecule has 19 heavy (non-hydrogen) atoms. The van der Waals surface area contributed by atoms with Gasteiger partial charge in [-0.2, -0.15) is 0 Å². The fourth-order valence-electron chi connectivity index (χ4n) is 2.04. The minimum absolute atomic E-state index is 0.227. The van der Waals surface area contributed by atoms with Gasteiger partial charge in [0, 0.05) is 20.2 Å². The number of hydrogen-bond acceptors (Lipinski definition) is 4. The maximum absolute atomic E-state index is 6.20. The van der Waals surface area contributed by atoms with E-state index < -0.39 is 0 Å². The molecule has 1 fully saturated rings. The van der Waals surface area contributed by atoms with Gasteiger partial charge in [-0.25, -0.2) is 0 Å². The van der Waals surface area contributed by atoms with Gasteiger partial charge in [0.2, 0.25) is 0 Å². The Morgan fingerprint density at radius 1 is 1.42 bits per heavy atom. The molecule has 0 saturated carbocycles. The molecule has 2 rings (SSSR count). The maximum atomic E-state index is 6.20. The third-order valence-electron chi connectivity index (χ3n) is 3.01. The van der Waals surface area contributed by atoms with Crippen molar-refractivity contribution in [2.24, 2.45) is 0 Å². The van der Waals surface area contributed by atoms with E-state index >= 15 is 0 Å². The van der Waals surface area contributed by atoms with Gasteiger partial charge in [-0.05, 0) is 24.1 Å². The smallest absolute Gasteiger partial charge is 0.138 e. The molecule has 0 amide bonds. The fourth-order valence-corrected chi connectivity index (χ4v) is 2.29. The number of nitrogens with one attached hydrogen (secondary N) is 1. The summed E-state index contributed by atoms with van der Waals surface area (Å²) in [6.45, 7) is 3.66. The number of benzene rings is 1. The van der Waals surface area contributed by atoms with Crippen LogP contribution in [0.3, 0.4) is 0 Å². The number of ether oxygens (including phenoxy) is 3. The third kappa shape index (κ3) is 4.66. The van der Waals surface area contributed by atoms with Crippen molar-refractivity contribution in [3.05, 3.63) is 28.8 Å². The molecule has 4 nitrogen and oxygen atoms in total. The van der Waals surface area contributed by atoms with E-state index in [1.807, 2.05) is 18.2 Å². The number of hydrogen-bond donors (Lipinski definition) is 1. The number of morpholine rings is 1. The average molecular weight is 286 g/mol. The topological polar surface area (TPSA) is 39.7 Å². The van der Waals surface area contributed by atoms with Gasteiger partial charge in [0.25, 0.3) is 0 Å². The van der Waals surface area contributed by atoms with Crippen molar-refractivity contribution in [3.63, 3.8) is 0 Å². The molecule has 0 aliphatic carbocycles. The average Bonchev–Trinajstić information content (AvgIpc) is 2.43. The summed E-state index contributed by atoms with van der Waals surface area (Å²) in [5, 5.41) is 3.96. The Labute approximate surface area is 119 Å². The van der Waals surface area contributed by atoms with E-state index in [9.17, 15) is 0 Å². The van der Waals surface area contributed by atoms with Gasteiger partial charge in [0.1, 0.15) is 12.4 Å². The van der Waals surface area contributed by atoms with Gasteiger partial charge >= 0.3 is 0 Å². The molecule has 106 valence electrons. The van der Waals surface area contributed by atoms with E-state index in [1.165, 1.54) is 0 Å². The molecule has 0 unspecified atom stereocenters. The van der Waals surface area contributed by atoms with Crippen LogP contribution in [-0.4, -0.2) is 46.1 Å². The van der Waals surface area contributed by atoms with Crippen LogP contribution < -0.4 is 10.1 Å². The Kier molecular flexibility index (Phi) is 5.92. The van der Waals surface area contributed by atoms with E-state index in [0.29, 0.717) is 24.0 Å². The zero-order valence-electron chi connectivity index (χ0n) is 11.2. The van der Waals surface area contributed by atoms with Crippen LogP contribution in [0.1, 0.15) is 5.56 Å². The Bertz CT molecular complexity index is 394. The van der Waals surface area contributed by atoms with Crippen molar-refractivity contribution in [3.8, 4) is 5.75 Å². The predicted octanol–water partition coefficient (Wildman–Crippen LogP) is 1.90. The summed E-state index contributed by atoms with van der Waals surface area (Å²) in [6, 6.07) is 5.89. The van der Waals surface area contributed by atoms with Gasteiger partial charge in [-0.15, -0.1) is 0 Å². The van der Waals surface area contributed by atoms with Crippen molar-refractivity contribution < 1.29 is 14.2 Å². The van der Waals surface area contributed by atoms with Crippen LogP contribution in [0.4, 0.5) is 0 Å². The molecule has 1 atom stereocenters. The van der Waals surface area contributed by atoms with Crippen LogP contribution in [0.5, 0.6) is 5.75 Å². The molecule has 1 heterocycles. The number of rotatable bonds is 6. The second-order valence-electron chi connectivity index (χ2n) is 4.51. The van der Waals surface area contributed by atoms with Crippen LogP contribution in [-0.2, 0) is 15.9 Å². The summed E-state index contributed by atoms with van der Waals surface area (Å²) in [4.78, 5) is 0. The molecule has 1 aliphatic heterocycles. The zero-order chi connectivity index (χ0) is 13.5. The Balaban J connectivity index is 1.90. The first-order valence-electron chi connectivity index (χ1n) is 6.52. The van der Waals surface area contributed by atoms with Gasteiger partial charge in [-0.3, -0.25) is 0 Å². The van der Waals surface area contributed by atoms with E-state index in [0.717, 1.165) is 31.7 Å². The molecule has 1 aromatic rings. The van der Waals surface area contributed by atoms with Gasteiger partial charge < -0.3 is 19.5 Å². The molecular weight excluding hydrogens is 266 g/mol. The van der Waals surface area contributed by atoms with Crippen LogP contribution in [0.15, 0.2) is 18.2 Å². The summed E-state index contributed by atoms with van der Waals surface area (Å²) in [5.74, 6) is 0.699. The van der Waals surface area contributed by atoms with Crippen molar-refractivity contribution in [2.45, 2.75) is 12.5 Å². The van der Waals surface area contributed by atoms with E-state index in [-0.39, 0.29) is 6.10 Å². The van der Waals surface area contributed by atoms with Gasteiger partial charge in [-0.1, -0.05) is 17.7 Å². The fraction of sp³-hybridized carbons (Fsp3) is 0.571. The molecule has 0 bridgehead atoms. The lowest BCUT2D eigenvalue weighted by Gasteiger charge is -2.23. The SMILES string of the molecule is COCCOc1ccc(C[C@@H]2CNCCO2)cc1Cl. The van der Waals surface area contributed by atoms with Crippen LogP contribution in [0.25, 0.3) is 0 Å². The van der Waals surface area contributed by atoms with E-state index in [2.05, 4.69) is 5.32 Å². The monoisotopic (exact) mass is 285 g/mol. The minimum Gasteiger partial charge on any atom is -0.490 e. The first-order chi connectivity index (χ1) is 9.29. The quantitative estimate of drug-likeness (QED) is 0.811. The molecule has 1 N–H and O–H groups in total. The molecule has 0 aromatic heterocycles. The summed E-state index contributed by atoms with van der Waals surface area (Å²) in [5.41, 5.74) is 1.16. The van der Waals surface area contributed by atoms with Crippen LogP contribution in [0, 0.1) is 0 Å². The molecule has 0 radical (unpaired) electrons. The molecule has 0 spiro atoms. The second-order valence-corrected chi connectivity index (χ2v) is 4.91. The van der Waals surface area contributed by atoms with E-state index in [1.54, 1.807) is 7.11 Å². The number of halogens is 1. The highest BCUT2D eigenvalue weighted by Crippen LogP contribution is 2.26. The lowest BCUT2D eigenvalue weighted by Crippen LogP contribution is -2.39. The van der Waals surface area contributed by atoms with Crippen molar-refractivity contribution >= 4 is 11.6 Å². The summed E-state index contributed by atoms with van der Waals surface area (Å²) >= 11 is 6.20. The van der Waals surface area contributed by atoms with Crippen molar-refractivity contribution in [1.29, 1.82) is 0 Å². The largest absolute Gasteiger partial charge is 0.490 e. The highest BCUT2D eigenvalue weighted by Gasteiger charge is 2.14. The Hall–Kier alpha value is -0.810. The predicted molar refractivity (Wildman–Crippen MR) is 75.1 cm³/mol. The molecule has 5 heteroatoms. The Morgan fingerprint density at radius 3 is 3.00 bits per heavy atom. The number of methoxy groups -OCH3 is 1. The minimum atomic E-state index is 0.227. The van der Waals surface area contributed by atoms with Gasteiger partial charge in [0.15, 0.2) is 0 Å². The first-order valence-corrected chi connectivity index (χ1v) is 6.90. The summed E-state index contributed by atoms with van der Waals surface area (Å²) in [6.07, 6.45) is 1.09. The lowest BCUT2D eigenvalue weighted by atomic mass is 10.1. The standard InChI is InChI=1S/C14H20ClNO3/c1-17-6-7-19-14-3-2-11(9-13(14)15)8-12-10-16-4-5-18-12/h2-3,9,12,16H,4-8,10H2,1H3/t12-/m1/s1. The van der Waals surface area contributed by atoms with Crippen molar-refractivity contribution in [1.82, 2.24) is 5.32 Å². The highest BCUT2D eigenvalue weighted by atomic mass is 35.5. The molecule has 1 aromatic carbocycles. The van der Waals surface area contributed by atoms with Crippen molar-refractivity contribution in [2.75, 3.05) is 40.0 Å². The normalized spacial score (nSPS) is 19.4. The third-order valence-corrected chi connectivity index (χ3v) is 3.30. The molecule has 1 aliphatic rings. The lowest BCUT2D eigenvalue weighted by molar-refractivity contribution is 0.0292. The maximum Gasteiger partial charge on any atom is 0.138 e. The summed E-state index contributed by atoms with van der Waals surface area (Å²) in [7, 11) is 1.65. The highest BCUT2D eigenvalue weighted by molar-refractivity contribution is 6.32. The van der Waals surface area contributed by atoms with Crippen LogP contribution in [0.2, 0.25) is 5.02 Å².